The Hall–Kier alpha value is -0.560. The second kappa shape index (κ2) is 4.46. The summed E-state index contributed by atoms with van der Waals surface area (Å²) >= 11 is 0. The zero-order chi connectivity index (χ0) is 8.97. The van der Waals surface area contributed by atoms with E-state index < -0.39 is 0 Å². The van der Waals surface area contributed by atoms with Crippen molar-refractivity contribution in [1.82, 2.24) is 0 Å². The minimum atomic E-state index is 0.325. The fraction of sp³-hybridized carbons (Fsp3) is 0.636. The van der Waals surface area contributed by atoms with Gasteiger partial charge >= 0.3 is 0 Å². The molecule has 0 aliphatic heterocycles. The van der Waals surface area contributed by atoms with Gasteiger partial charge in [0.05, 0.1) is 0 Å². The van der Waals surface area contributed by atoms with E-state index in [1.165, 1.54) is 5.57 Å². The van der Waals surface area contributed by atoms with Crippen molar-refractivity contribution in [2.45, 2.75) is 38.6 Å². The van der Waals surface area contributed by atoms with E-state index in [1.807, 2.05) is 0 Å². The lowest BCUT2D eigenvalue weighted by Crippen LogP contribution is -2.22. The van der Waals surface area contributed by atoms with Crippen molar-refractivity contribution >= 4 is 0 Å². The Morgan fingerprint density at radius 1 is 1.50 bits per heavy atom. The van der Waals surface area contributed by atoms with Crippen LogP contribution < -0.4 is 5.73 Å². The van der Waals surface area contributed by atoms with Crippen molar-refractivity contribution in [1.29, 1.82) is 0 Å². The third kappa shape index (κ3) is 2.82. The predicted octanol–water partition coefficient (Wildman–Crippen LogP) is 2.64. The van der Waals surface area contributed by atoms with Gasteiger partial charge in [0.15, 0.2) is 0 Å². The first-order valence-corrected chi connectivity index (χ1v) is 4.78. The average molecular weight is 165 g/mol. The van der Waals surface area contributed by atoms with Crippen LogP contribution in [-0.2, 0) is 0 Å². The van der Waals surface area contributed by atoms with E-state index in [4.69, 9.17) is 5.73 Å². The summed E-state index contributed by atoms with van der Waals surface area (Å²) in [5.74, 6) is 0.597. The maximum atomic E-state index is 5.93. The molecule has 12 heavy (non-hydrogen) atoms. The van der Waals surface area contributed by atoms with Crippen LogP contribution in [0.1, 0.15) is 32.6 Å². The standard InChI is InChI=1S/C11H19N/c1-9-6-4-3-5-7-11(12)8-10(9)2/h3,5,10-11H,1,4,6-8,12H2,2H3/b5-3-/t10-,11-/m1/s1. The molecule has 0 spiro atoms. The normalized spacial score (nSPS) is 35.0. The Kier molecular flexibility index (Phi) is 3.54. The zero-order valence-electron chi connectivity index (χ0n) is 7.92. The summed E-state index contributed by atoms with van der Waals surface area (Å²) in [4.78, 5) is 0. The van der Waals surface area contributed by atoms with Gasteiger partial charge in [0, 0.05) is 6.04 Å². The van der Waals surface area contributed by atoms with Crippen molar-refractivity contribution in [3.63, 3.8) is 0 Å². The molecule has 0 aromatic heterocycles. The minimum absolute atomic E-state index is 0.325. The van der Waals surface area contributed by atoms with Crippen LogP contribution in [0.25, 0.3) is 0 Å². The fourth-order valence-corrected chi connectivity index (χ4v) is 1.62. The van der Waals surface area contributed by atoms with E-state index in [-0.39, 0.29) is 0 Å². The highest BCUT2D eigenvalue weighted by molar-refractivity contribution is 5.04. The molecule has 1 aliphatic rings. The molecule has 0 unspecified atom stereocenters. The number of allylic oxidation sites excluding steroid dienone is 2. The first kappa shape index (κ1) is 9.53. The molecule has 2 N–H and O–H groups in total. The first-order valence-electron chi connectivity index (χ1n) is 4.78. The lowest BCUT2D eigenvalue weighted by atomic mass is 9.92. The highest BCUT2D eigenvalue weighted by Gasteiger charge is 2.11. The van der Waals surface area contributed by atoms with E-state index in [1.54, 1.807) is 0 Å². The van der Waals surface area contributed by atoms with E-state index >= 15 is 0 Å². The molecule has 1 rings (SSSR count). The maximum absolute atomic E-state index is 5.93. The monoisotopic (exact) mass is 165 g/mol. The number of hydrogen-bond acceptors (Lipinski definition) is 1. The molecule has 0 heterocycles. The zero-order valence-corrected chi connectivity index (χ0v) is 7.92. The summed E-state index contributed by atoms with van der Waals surface area (Å²) in [6.07, 6.45) is 8.81. The summed E-state index contributed by atoms with van der Waals surface area (Å²) in [7, 11) is 0. The summed E-state index contributed by atoms with van der Waals surface area (Å²) in [6.45, 7) is 6.31. The van der Waals surface area contributed by atoms with E-state index in [9.17, 15) is 0 Å². The van der Waals surface area contributed by atoms with Crippen LogP contribution in [0, 0.1) is 5.92 Å². The van der Waals surface area contributed by atoms with Crippen LogP contribution in [0.2, 0.25) is 0 Å². The number of hydrogen-bond donors (Lipinski definition) is 1. The first-order chi connectivity index (χ1) is 5.70. The van der Waals surface area contributed by atoms with Crippen molar-refractivity contribution in [2.24, 2.45) is 11.7 Å². The van der Waals surface area contributed by atoms with Gasteiger partial charge < -0.3 is 5.73 Å². The van der Waals surface area contributed by atoms with Crippen LogP contribution in [0.4, 0.5) is 0 Å². The van der Waals surface area contributed by atoms with Crippen molar-refractivity contribution in [3.8, 4) is 0 Å². The third-order valence-corrected chi connectivity index (χ3v) is 2.59. The lowest BCUT2D eigenvalue weighted by molar-refractivity contribution is 0.510. The topological polar surface area (TPSA) is 26.0 Å². The highest BCUT2D eigenvalue weighted by atomic mass is 14.6. The molecule has 2 atom stereocenters. The van der Waals surface area contributed by atoms with E-state index in [0.717, 1.165) is 25.7 Å². The van der Waals surface area contributed by atoms with Gasteiger partial charge in [0.1, 0.15) is 0 Å². The van der Waals surface area contributed by atoms with Crippen LogP contribution in [-0.4, -0.2) is 6.04 Å². The molecule has 1 aliphatic carbocycles. The van der Waals surface area contributed by atoms with Crippen LogP contribution in [0.15, 0.2) is 24.3 Å². The largest absolute Gasteiger partial charge is 0.327 e. The van der Waals surface area contributed by atoms with Gasteiger partial charge in [-0.3, -0.25) is 0 Å². The molecule has 0 saturated heterocycles. The minimum Gasteiger partial charge on any atom is -0.327 e. The van der Waals surface area contributed by atoms with Crippen molar-refractivity contribution in [2.75, 3.05) is 0 Å². The average Bonchev–Trinajstić information content (AvgIpc) is 2.07. The van der Waals surface area contributed by atoms with Crippen LogP contribution in [0.3, 0.4) is 0 Å². The Labute approximate surface area is 75.3 Å². The van der Waals surface area contributed by atoms with Gasteiger partial charge in [-0.25, -0.2) is 0 Å². The smallest absolute Gasteiger partial charge is 0.00790 e. The van der Waals surface area contributed by atoms with Gasteiger partial charge in [0.25, 0.3) is 0 Å². The van der Waals surface area contributed by atoms with Gasteiger partial charge in [-0.2, -0.15) is 0 Å². The van der Waals surface area contributed by atoms with E-state index in [0.29, 0.717) is 12.0 Å². The van der Waals surface area contributed by atoms with Crippen molar-refractivity contribution in [3.05, 3.63) is 24.3 Å². The number of rotatable bonds is 0. The Morgan fingerprint density at radius 2 is 2.25 bits per heavy atom. The summed E-state index contributed by atoms with van der Waals surface area (Å²) in [5.41, 5.74) is 7.29. The summed E-state index contributed by atoms with van der Waals surface area (Å²) in [5, 5.41) is 0. The highest BCUT2D eigenvalue weighted by Crippen LogP contribution is 2.21. The molecule has 0 aromatic carbocycles. The summed E-state index contributed by atoms with van der Waals surface area (Å²) in [6, 6.07) is 0.325. The molecule has 1 nitrogen and oxygen atoms in total. The molecule has 0 amide bonds. The number of nitrogens with two attached hydrogens (primary N) is 1. The van der Waals surface area contributed by atoms with E-state index in [2.05, 4.69) is 25.7 Å². The predicted molar refractivity (Wildman–Crippen MR) is 53.9 cm³/mol. The van der Waals surface area contributed by atoms with Crippen LogP contribution >= 0.6 is 0 Å². The molecule has 0 aromatic rings. The molecule has 0 bridgehead atoms. The van der Waals surface area contributed by atoms with Crippen LogP contribution in [0.5, 0.6) is 0 Å². The quantitative estimate of drug-likeness (QED) is 0.549. The molecule has 1 heteroatoms. The molecular formula is C11H19N. The Balaban J connectivity index is 2.55. The van der Waals surface area contributed by atoms with Gasteiger partial charge in [-0.1, -0.05) is 31.2 Å². The summed E-state index contributed by atoms with van der Waals surface area (Å²) < 4.78 is 0. The molecule has 68 valence electrons. The maximum Gasteiger partial charge on any atom is 0.00790 e. The van der Waals surface area contributed by atoms with Gasteiger partial charge in [-0.05, 0) is 31.6 Å². The van der Waals surface area contributed by atoms with Gasteiger partial charge in [-0.15, -0.1) is 0 Å². The molecule has 0 fully saturated rings. The van der Waals surface area contributed by atoms with Gasteiger partial charge in [0.2, 0.25) is 0 Å². The fourth-order valence-electron chi connectivity index (χ4n) is 1.62. The second-order valence-electron chi connectivity index (χ2n) is 3.80. The SMILES string of the molecule is C=C1CC/C=C\C[C@@H](N)C[C@H]1C. The van der Waals surface area contributed by atoms with Crippen molar-refractivity contribution < 1.29 is 0 Å². The Morgan fingerprint density at radius 3 is 3.00 bits per heavy atom. The lowest BCUT2D eigenvalue weighted by Gasteiger charge is -2.16. The molecule has 0 saturated carbocycles. The Bertz CT molecular complexity index is 181. The molecule has 0 radical (unpaired) electrons. The molecular weight excluding hydrogens is 146 g/mol. The third-order valence-electron chi connectivity index (χ3n) is 2.59. The second-order valence-corrected chi connectivity index (χ2v) is 3.80.